The van der Waals surface area contributed by atoms with Crippen molar-refractivity contribution in [2.75, 3.05) is 0 Å². The van der Waals surface area contributed by atoms with Crippen molar-refractivity contribution < 1.29 is 14.4 Å². The smallest absolute Gasteiger partial charge is 0.336 e. The van der Waals surface area contributed by atoms with Gasteiger partial charge in [-0.05, 0) is 35.0 Å². The maximum absolute atomic E-state index is 11.9. The van der Waals surface area contributed by atoms with Crippen molar-refractivity contribution in [3.63, 3.8) is 0 Å². The molecule has 152 valence electrons. The minimum atomic E-state index is -0.979. The Hall–Kier alpha value is -4.51. The molecule has 0 aliphatic rings. The molecule has 6 aromatic rings. The van der Waals surface area contributed by atoms with E-state index < -0.39 is 5.97 Å². The third-order valence-electron chi connectivity index (χ3n) is 5.75. The quantitative estimate of drug-likeness (QED) is 0.353. The molecule has 1 N–H and O–H groups in total. The molecule has 32 heavy (non-hydrogen) atoms. The number of aromatic nitrogens is 2. The molecule has 5 heteroatoms. The van der Waals surface area contributed by atoms with Crippen LogP contribution >= 0.6 is 0 Å². The fraction of sp³-hybridized carbons (Fsp3) is 0. The average Bonchev–Trinajstić information content (AvgIpc) is 3.26. The predicted molar refractivity (Wildman–Crippen MR) is 125 cm³/mol. The van der Waals surface area contributed by atoms with Crippen molar-refractivity contribution in [3.05, 3.63) is 96.6 Å². The van der Waals surface area contributed by atoms with E-state index >= 15 is 0 Å². The molecule has 2 heterocycles. The number of para-hydroxylation sites is 1. The monoisotopic (exact) mass is 416 g/mol. The fourth-order valence-corrected chi connectivity index (χ4v) is 4.22. The van der Waals surface area contributed by atoms with Gasteiger partial charge in [-0.2, -0.15) is 0 Å². The van der Waals surface area contributed by atoms with Gasteiger partial charge >= 0.3 is 5.97 Å². The molecular formula is C27H16N2O3. The predicted octanol–water partition coefficient (Wildman–Crippen LogP) is 6.56. The highest BCUT2D eigenvalue weighted by molar-refractivity contribution is 6.05. The highest BCUT2D eigenvalue weighted by Crippen LogP contribution is 2.36. The second-order valence-corrected chi connectivity index (χ2v) is 7.65. The van der Waals surface area contributed by atoms with Gasteiger partial charge in [0.05, 0.1) is 22.2 Å². The SMILES string of the molecule is O=C(O)c1cc(-c2ccc3noc(-c4cccc5ccccc45)c3c2)nc2ccccc12. The van der Waals surface area contributed by atoms with Gasteiger partial charge in [0.25, 0.3) is 0 Å². The van der Waals surface area contributed by atoms with Gasteiger partial charge in [0.2, 0.25) is 0 Å². The minimum Gasteiger partial charge on any atom is -0.478 e. The summed E-state index contributed by atoms with van der Waals surface area (Å²) in [6, 6.07) is 28.8. The van der Waals surface area contributed by atoms with Crippen molar-refractivity contribution in [2.45, 2.75) is 0 Å². The Morgan fingerprint density at radius 2 is 1.53 bits per heavy atom. The number of pyridine rings is 1. The van der Waals surface area contributed by atoms with Gasteiger partial charge in [-0.25, -0.2) is 9.78 Å². The summed E-state index contributed by atoms with van der Waals surface area (Å²) in [5, 5.41) is 17.6. The van der Waals surface area contributed by atoms with Crippen LogP contribution < -0.4 is 0 Å². The number of benzene rings is 4. The molecule has 0 saturated carbocycles. The summed E-state index contributed by atoms with van der Waals surface area (Å²) in [7, 11) is 0. The number of carboxylic acids is 1. The van der Waals surface area contributed by atoms with E-state index in [1.165, 1.54) is 0 Å². The summed E-state index contributed by atoms with van der Waals surface area (Å²) in [6.07, 6.45) is 0. The molecule has 0 fully saturated rings. The number of hydrogen-bond acceptors (Lipinski definition) is 4. The number of fused-ring (bicyclic) bond motifs is 3. The second kappa shape index (κ2) is 7.03. The Kier molecular flexibility index (Phi) is 4.01. The molecule has 0 atom stereocenters. The van der Waals surface area contributed by atoms with Crippen molar-refractivity contribution in [3.8, 4) is 22.6 Å². The lowest BCUT2D eigenvalue weighted by atomic mass is 9.99. The van der Waals surface area contributed by atoms with E-state index in [1.54, 1.807) is 12.1 Å². The average molecular weight is 416 g/mol. The Morgan fingerprint density at radius 3 is 2.41 bits per heavy atom. The van der Waals surface area contributed by atoms with E-state index in [-0.39, 0.29) is 5.56 Å². The van der Waals surface area contributed by atoms with Crippen molar-refractivity contribution in [2.24, 2.45) is 0 Å². The number of carbonyl (C=O) groups is 1. The molecule has 6 rings (SSSR count). The molecule has 0 amide bonds. The van der Waals surface area contributed by atoms with Gasteiger partial charge in [-0.15, -0.1) is 0 Å². The van der Waals surface area contributed by atoms with E-state index in [2.05, 4.69) is 23.4 Å². The molecule has 0 aliphatic heterocycles. The highest BCUT2D eigenvalue weighted by atomic mass is 16.5. The molecule has 2 aromatic heterocycles. The molecule has 0 bridgehead atoms. The highest BCUT2D eigenvalue weighted by Gasteiger charge is 2.17. The topological polar surface area (TPSA) is 76.2 Å². The first kappa shape index (κ1) is 18.3. The standard InChI is InChI=1S/C27H16N2O3/c30-27(31)21-15-25(28-23-11-4-3-9-19(21)23)17-12-13-24-22(14-17)26(32-29-24)20-10-5-7-16-6-1-2-8-18(16)20/h1-15H,(H,30,31). The fourth-order valence-electron chi connectivity index (χ4n) is 4.22. The van der Waals surface area contributed by atoms with Crippen LogP contribution in [0, 0.1) is 0 Å². The van der Waals surface area contributed by atoms with Crippen LogP contribution in [0.25, 0.3) is 55.2 Å². The molecule has 4 aromatic carbocycles. The lowest BCUT2D eigenvalue weighted by molar-refractivity contribution is 0.0699. The summed E-state index contributed by atoms with van der Waals surface area (Å²) < 4.78 is 5.77. The lowest BCUT2D eigenvalue weighted by Crippen LogP contribution is -2.00. The first-order valence-corrected chi connectivity index (χ1v) is 10.2. The van der Waals surface area contributed by atoms with Crippen LogP contribution in [0.2, 0.25) is 0 Å². The Labute approximate surface area is 182 Å². The lowest BCUT2D eigenvalue weighted by Gasteiger charge is -2.08. The summed E-state index contributed by atoms with van der Waals surface area (Å²) >= 11 is 0. The van der Waals surface area contributed by atoms with Gasteiger partial charge in [-0.3, -0.25) is 0 Å². The van der Waals surface area contributed by atoms with Crippen molar-refractivity contribution in [1.29, 1.82) is 0 Å². The third kappa shape index (κ3) is 2.83. The van der Waals surface area contributed by atoms with Crippen LogP contribution in [0.1, 0.15) is 10.4 Å². The van der Waals surface area contributed by atoms with E-state index in [9.17, 15) is 9.90 Å². The van der Waals surface area contributed by atoms with Gasteiger partial charge < -0.3 is 9.63 Å². The zero-order valence-corrected chi connectivity index (χ0v) is 16.8. The largest absolute Gasteiger partial charge is 0.478 e. The number of nitrogens with zero attached hydrogens (tertiary/aromatic N) is 2. The van der Waals surface area contributed by atoms with Crippen molar-refractivity contribution >= 4 is 38.5 Å². The number of aromatic carboxylic acids is 1. The van der Waals surface area contributed by atoms with E-state index in [1.807, 2.05) is 60.7 Å². The maximum atomic E-state index is 11.9. The van der Waals surface area contributed by atoms with Crippen LogP contribution in [-0.4, -0.2) is 21.2 Å². The first-order chi connectivity index (χ1) is 15.7. The van der Waals surface area contributed by atoms with Crippen LogP contribution in [0.3, 0.4) is 0 Å². The third-order valence-corrected chi connectivity index (χ3v) is 5.75. The number of rotatable bonds is 3. The molecule has 0 radical (unpaired) electrons. The molecule has 0 aliphatic carbocycles. The molecule has 0 spiro atoms. The summed E-state index contributed by atoms with van der Waals surface area (Å²) in [5.74, 6) is -0.301. The molecule has 0 saturated heterocycles. The van der Waals surface area contributed by atoms with Crippen LogP contribution in [0.5, 0.6) is 0 Å². The van der Waals surface area contributed by atoms with Crippen LogP contribution in [0.15, 0.2) is 95.5 Å². The van der Waals surface area contributed by atoms with Gasteiger partial charge in [0.1, 0.15) is 5.52 Å². The van der Waals surface area contributed by atoms with Gasteiger partial charge in [0.15, 0.2) is 5.76 Å². The van der Waals surface area contributed by atoms with Gasteiger partial charge in [0, 0.05) is 16.5 Å². The summed E-state index contributed by atoms with van der Waals surface area (Å²) in [5.41, 5.74) is 3.95. The Balaban J connectivity index is 1.58. The van der Waals surface area contributed by atoms with E-state index in [4.69, 9.17) is 9.51 Å². The molecule has 5 nitrogen and oxygen atoms in total. The molecular weight excluding hydrogens is 400 g/mol. The number of carboxylic acid groups (broad SMARTS) is 1. The number of hydrogen-bond donors (Lipinski definition) is 1. The minimum absolute atomic E-state index is 0.227. The first-order valence-electron chi connectivity index (χ1n) is 10.2. The Morgan fingerprint density at radius 1 is 0.750 bits per heavy atom. The zero-order valence-electron chi connectivity index (χ0n) is 16.8. The second-order valence-electron chi connectivity index (χ2n) is 7.65. The van der Waals surface area contributed by atoms with Crippen LogP contribution in [-0.2, 0) is 0 Å². The van der Waals surface area contributed by atoms with Gasteiger partial charge in [-0.1, -0.05) is 71.9 Å². The summed E-state index contributed by atoms with van der Waals surface area (Å²) in [6.45, 7) is 0. The normalized spacial score (nSPS) is 11.4. The van der Waals surface area contributed by atoms with E-state index in [0.717, 1.165) is 32.8 Å². The Bertz CT molecular complexity index is 1660. The zero-order chi connectivity index (χ0) is 21.7. The van der Waals surface area contributed by atoms with Crippen molar-refractivity contribution in [1.82, 2.24) is 10.1 Å². The maximum Gasteiger partial charge on any atom is 0.336 e. The summed E-state index contributed by atoms with van der Waals surface area (Å²) in [4.78, 5) is 16.6. The van der Waals surface area contributed by atoms with Crippen LogP contribution in [0.4, 0.5) is 0 Å². The molecule has 0 unspecified atom stereocenters. The van der Waals surface area contributed by atoms with E-state index in [0.29, 0.717) is 22.4 Å².